The van der Waals surface area contributed by atoms with Gasteiger partial charge in [0, 0.05) is 45.1 Å². The van der Waals surface area contributed by atoms with Gasteiger partial charge in [-0.2, -0.15) is 0 Å². The van der Waals surface area contributed by atoms with Gasteiger partial charge in [-0.1, -0.05) is 0 Å². The molecule has 1 aliphatic heterocycles. The zero-order chi connectivity index (χ0) is 14.1. The van der Waals surface area contributed by atoms with E-state index in [1.165, 1.54) is 12.8 Å². The van der Waals surface area contributed by atoms with Gasteiger partial charge < -0.3 is 15.5 Å². The third kappa shape index (κ3) is 2.84. The Bertz CT molecular complexity index is 514. The van der Waals surface area contributed by atoms with Crippen LogP contribution in [0.1, 0.15) is 37.9 Å². The molecule has 1 aliphatic carbocycles. The summed E-state index contributed by atoms with van der Waals surface area (Å²) in [6.45, 7) is 4.91. The maximum Gasteiger partial charge on any atom is 0.219 e. The van der Waals surface area contributed by atoms with E-state index in [0.29, 0.717) is 11.7 Å². The molecule has 0 unspecified atom stereocenters. The number of nitrogen functional groups attached to an aromatic ring is 1. The van der Waals surface area contributed by atoms with Gasteiger partial charge >= 0.3 is 0 Å². The van der Waals surface area contributed by atoms with Gasteiger partial charge in [-0.15, -0.1) is 0 Å². The minimum atomic E-state index is 0.146. The van der Waals surface area contributed by atoms with Gasteiger partial charge in [0.25, 0.3) is 0 Å². The Balaban J connectivity index is 1.76. The minimum Gasteiger partial charge on any atom is -0.384 e. The first kappa shape index (κ1) is 13.1. The second kappa shape index (κ2) is 5.26. The highest BCUT2D eigenvalue weighted by Gasteiger charge is 2.28. The van der Waals surface area contributed by atoms with Crippen LogP contribution < -0.4 is 10.6 Å². The van der Waals surface area contributed by atoms with Gasteiger partial charge in [-0.05, 0) is 19.3 Å². The van der Waals surface area contributed by atoms with Crippen molar-refractivity contribution in [3.8, 4) is 0 Å². The van der Waals surface area contributed by atoms with E-state index in [9.17, 15) is 4.79 Å². The Labute approximate surface area is 119 Å². The molecule has 1 saturated carbocycles. The molecule has 1 aromatic heterocycles. The van der Waals surface area contributed by atoms with Gasteiger partial charge in [-0.3, -0.25) is 4.79 Å². The lowest BCUT2D eigenvalue weighted by Gasteiger charge is -2.22. The SMILES string of the molecule is CC(=O)N1CCCN(c2cc(N)nc(C3CC3)n2)CC1. The van der Waals surface area contributed by atoms with Crippen LogP contribution in [0.2, 0.25) is 0 Å². The number of hydrogen-bond donors (Lipinski definition) is 1. The predicted octanol–water partition coefficient (Wildman–Crippen LogP) is 0.995. The van der Waals surface area contributed by atoms with Crippen LogP contribution >= 0.6 is 0 Å². The molecule has 108 valence electrons. The first-order chi connectivity index (χ1) is 9.63. The van der Waals surface area contributed by atoms with E-state index >= 15 is 0 Å². The largest absolute Gasteiger partial charge is 0.384 e. The zero-order valence-electron chi connectivity index (χ0n) is 11.9. The van der Waals surface area contributed by atoms with Crippen molar-refractivity contribution < 1.29 is 4.79 Å². The van der Waals surface area contributed by atoms with Crippen molar-refractivity contribution in [1.29, 1.82) is 0 Å². The summed E-state index contributed by atoms with van der Waals surface area (Å²) in [5.41, 5.74) is 5.90. The van der Waals surface area contributed by atoms with Gasteiger partial charge in [0.2, 0.25) is 5.91 Å². The summed E-state index contributed by atoms with van der Waals surface area (Å²) in [5, 5.41) is 0. The molecule has 0 atom stereocenters. The molecule has 2 heterocycles. The van der Waals surface area contributed by atoms with Crippen LogP contribution in [0.25, 0.3) is 0 Å². The van der Waals surface area contributed by atoms with E-state index in [2.05, 4.69) is 14.9 Å². The first-order valence-corrected chi connectivity index (χ1v) is 7.28. The summed E-state index contributed by atoms with van der Waals surface area (Å²) in [4.78, 5) is 24.6. The standard InChI is InChI=1S/C14H21N5O/c1-10(20)18-5-2-6-19(8-7-18)13-9-12(15)16-14(17-13)11-3-4-11/h9,11H,2-8H2,1H3,(H2,15,16,17). The molecule has 0 radical (unpaired) electrons. The van der Waals surface area contributed by atoms with Crippen LogP contribution in [-0.4, -0.2) is 47.0 Å². The Hall–Kier alpha value is -1.85. The lowest BCUT2D eigenvalue weighted by molar-refractivity contribution is -0.128. The number of rotatable bonds is 2. The van der Waals surface area contributed by atoms with E-state index in [0.717, 1.165) is 44.2 Å². The second-order valence-corrected chi connectivity index (χ2v) is 5.63. The summed E-state index contributed by atoms with van der Waals surface area (Å²) >= 11 is 0. The number of anilines is 2. The topological polar surface area (TPSA) is 75.4 Å². The van der Waals surface area contributed by atoms with Crippen LogP contribution in [0.3, 0.4) is 0 Å². The van der Waals surface area contributed by atoms with Crippen LogP contribution in [0, 0.1) is 0 Å². The van der Waals surface area contributed by atoms with Gasteiger partial charge in [0.15, 0.2) is 0 Å². The number of aromatic nitrogens is 2. The quantitative estimate of drug-likeness (QED) is 0.871. The van der Waals surface area contributed by atoms with Crippen molar-refractivity contribution in [2.75, 3.05) is 36.8 Å². The van der Waals surface area contributed by atoms with Crippen molar-refractivity contribution >= 4 is 17.5 Å². The van der Waals surface area contributed by atoms with E-state index in [4.69, 9.17) is 5.73 Å². The minimum absolute atomic E-state index is 0.146. The van der Waals surface area contributed by atoms with E-state index < -0.39 is 0 Å². The average molecular weight is 275 g/mol. The highest BCUT2D eigenvalue weighted by molar-refractivity contribution is 5.73. The van der Waals surface area contributed by atoms with E-state index in [-0.39, 0.29) is 5.91 Å². The molecular formula is C14H21N5O. The van der Waals surface area contributed by atoms with Crippen LogP contribution in [0.4, 0.5) is 11.6 Å². The molecule has 1 saturated heterocycles. The predicted molar refractivity (Wildman–Crippen MR) is 77.5 cm³/mol. The monoisotopic (exact) mass is 275 g/mol. The molecule has 0 bridgehead atoms. The number of amides is 1. The fraction of sp³-hybridized carbons (Fsp3) is 0.643. The highest BCUT2D eigenvalue weighted by atomic mass is 16.2. The number of nitrogens with zero attached hydrogens (tertiary/aromatic N) is 4. The lowest BCUT2D eigenvalue weighted by Crippen LogP contribution is -2.34. The normalized spacial score (nSPS) is 19.9. The van der Waals surface area contributed by atoms with Crippen LogP contribution in [0.15, 0.2) is 6.07 Å². The third-order valence-corrected chi connectivity index (χ3v) is 3.96. The fourth-order valence-electron chi connectivity index (χ4n) is 2.62. The average Bonchev–Trinajstić information content (AvgIpc) is 3.24. The van der Waals surface area contributed by atoms with Crippen molar-refractivity contribution in [3.05, 3.63) is 11.9 Å². The number of carbonyl (C=O) groups is 1. The van der Waals surface area contributed by atoms with Gasteiger partial charge in [0.05, 0.1) is 0 Å². The fourth-order valence-corrected chi connectivity index (χ4v) is 2.62. The van der Waals surface area contributed by atoms with Crippen molar-refractivity contribution in [1.82, 2.24) is 14.9 Å². The second-order valence-electron chi connectivity index (χ2n) is 5.63. The van der Waals surface area contributed by atoms with Crippen molar-refractivity contribution in [2.45, 2.75) is 32.1 Å². The third-order valence-electron chi connectivity index (χ3n) is 3.96. The summed E-state index contributed by atoms with van der Waals surface area (Å²) in [6.07, 6.45) is 3.30. The van der Waals surface area contributed by atoms with Gasteiger partial charge in [0.1, 0.15) is 17.5 Å². The molecule has 0 aromatic carbocycles. The van der Waals surface area contributed by atoms with E-state index in [1.807, 2.05) is 11.0 Å². The molecule has 1 aromatic rings. The Kier molecular flexibility index (Phi) is 3.46. The molecule has 3 rings (SSSR count). The van der Waals surface area contributed by atoms with Crippen molar-refractivity contribution in [2.24, 2.45) is 0 Å². The molecule has 2 aliphatic rings. The molecule has 1 amide bonds. The van der Waals surface area contributed by atoms with Gasteiger partial charge in [-0.25, -0.2) is 9.97 Å². The molecule has 2 N–H and O–H groups in total. The van der Waals surface area contributed by atoms with E-state index in [1.54, 1.807) is 6.92 Å². The maximum atomic E-state index is 11.5. The zero-order valence-corrected chi connectivity index (χ0v) is 11.9. The van der Waals surface area contributed by atoms with Crippen molar-refractivity contribution in [3.63, 3.8) is 0 Å². The highest BCUT2D eigenvalue weighted by Crippen LogP contribution is 2.38. The summed E-state index contributed by atoms with van der Waals surface area (Å²) in [5.74, 6) is 2.98. The smallest absolute Gasteiger partial charge is 0.219 e. The van der Waals surface area contributed by atoms with Crippen LogP contribution in [0.5, 0.6) is 0 Å². The van der Waals surface area contributed by atoms with Crippen LogP contribution in [-0.2, 0) is 4.79 Å². The Morgan fingerprint density at radius 1 is 1.25 bits per heavy atom. The maximum absolute atomic E-state index is 11.5. The molecule has 2 fully saturated rings. The molecule has 0 spiro atoms. The number of carbonyl (C=O) groups excluding carboxylic acids is 1. The summed E-state index contributed by atoms with van der Waals surface area (Å²) in [6, 6.07) is 1.84. The molecule has 20 heavy (non-hydrogen) atoms. The molecule has 6 nitrogen and oxygen atoms in total. The molecular weight excluding hydrogens is 254 g/mol. The summed E-state index contributed by atoms with van der Waals surface area (Å²) < 4.78 is 0. The number of hydrogen-bond acceptors (Lipinski definition) is 5. The Morgan fingerprint density at radius 2 is 2.05 bits per heavy atom. The lowest BCUT2D eigenvalue weighted by atomic mass is 10.3. The summed E-state index contributed by atoms with van der Waals surface area (Å²) in [7, 11) is 0. The first-order valence-electron chi connectivity index (χ1n) is 7.28. The number of nitrogens with two attached hydrogens (primary N) is 1. The Morgan fingerprint density at radius 3 is 2.75 bits per heavy atom. The molecule has 6 heteroatoms.